The van der Waals surface area contributed by atoms with Crippen molar-refractivity contribution < 1.29 is 13.5 Å². The summed E-state index contributed by atoms with van der Waals surface area (Å²) in [5, 5.41) is 10.1. The Morgan fingerprint density at radius 2 is 2.00 bits per heavy atom. The van der Waals surface area contributed by atoms with Crippen LogP contribution in [0.1, 0.15) is 38.2 Å². The van der Waals surface area contributed by atoms with Crippen LogP contribution in [-0.4, -0.2) is 36.5 Å². The maximum atomic E-state index is 12.6. The molecule has 0 aliphatic carbocycles. The smallest absolute Gasteiger partial charge is 0.218 e. The second-order valence-corrected chi connectivity index (χ2v) is 7.31. The van der Waals surface area contributed by atoms with Gasteiger partial charge in [-0.3, -0.25) is 0 Å². The first kappa shape index (κ1) is 15.5. The van der Waals surface area contributed by atoms with Crippen molar-refractivity contribution in [2.24, 2.45) is 0 Å². The van der Waals surface area contributed by atoms with Crippen LogP contribution in [0.25, 0.3) is 0 Å². The van der Waals surface area contributed by atoms with Crippen LogP contribution < -0.4 is 0 Å². The lowest BCUT2D eigenvalue weighted by Gasteiger charge is -2.37. The van der Waals surface area contributed by atoms with Crippen LogP contribution in [0.5, 0.6) is 0 Å². The predicted molar refractivity (Wildman–Crippen MR) is 79.7 cm³/mol. The van der Waals surface area contributed by atoms with Gasteiger partial charge < -0.3 is 5.11 Å². The molecule has 0 aromatic heterocycles. The second kappa shape index (κ2) is 6.70. The first-order chi connectivity index (χ1) is 9.54. The minimum absolute atomic E-state index is 0.0147. The molecule has 0 radical (unpaired) electrons. The van der Waals surface area contributed by atoms with Gasteiger partial charge in [0.2, 0.25) is 10.0 Å². The monoisotopic (exact) mass is 297 g/mol. The number of aliphatic hydroxyl groups excluding tert-OH is 1. The number of piperidine rings is 1. The van der Waals surface area contributed by atoms with E-state index in [1.807, 2.05) is 37.3 Å². The SMILES string of the molecule is CC[C@H](O)[C@@H]1CCCCN1S(=O)(=O)Cc1ccccc1. The molecule has 1 aliphatic rings. The van der Waals surface area contributed by atoms with E-state index in [9.17, 15) is 13.5 Å². The number of hydrogen-bond acceptors (Lipinski definition) is 3. The van der Waals surface area contributed by atoms with Gasteiger partial charge in [0.25, 0.3) is 0 Å². The summed E-state index contributed by atoms with van der Waals surface area (Å²) in [4.78, 5) is 0. The maximum Gasteiger partial charge on any atom is 0.218 e. The molecule has 20 heavy (non-hydrogen) atoms. The predicted octanol–water partition coefficient (Wildman–Crippen LogP) is 2.14. The number of sulfonamides is 1. The molecule has 0 unspecified atom stereocenters. The molecule has 1 saturated heterocycles. The van der Waals surface area contributed by atoms with Gasteiger partial charge in [0, 0.05) is 6.54 Å². The Morgan fingerprint density at radius 3 is 2.65 bits per heavy atom. The van der Waals surface area contributed by atoms with Crippen molar-refractivity contribution in [1.29, 1.82) is 0 Å². The summed E-state index contributed by atoms with van der Waals surface area (Å²) in [6.45, 7) is 2.41. The zero-order chi connectivity index (χ0) is 14.6. The molecule has 0 amide bonds. The highest BCUT2D eigenvalue weighted by atomic mass is 32.2. The van der Waals surface area contributed by atoms with Crippen LogP contribution in [0.2, 0.25) is 0 Å². The summed E-state index contributed by atoms with van der Waals surface area (Å²) in [5.74, 6) is 0.0147. The Balaban J connectivity index is 2.18. The molecule has 112 valence electrons. The third kappa shape index (κ3) is 3.59. The van der Waals surface area contributed by atoms with Gasteiger partial charge in [-0.2, -0.15) is 4.31 Å². The summed E-state index contributed by atoms with van der Waals surface area (Å²) >= 11 is 0. The number of rotatable bonds is 5. The molecule has 5 heteroatoms. The van der Waals surface area contributed by atoms with Gasteiger partial charge in [-0.25, -0.2) is 8.42 Å². The van der Waals surface area contributed by atoms with E-state index in [1.165, 1.54) is 4.31 Å². The number of hydrogen-bond donors (Lipinski definition) is 1. The lowest BCUT2D eigenvalue weighted by Crippen LogP contribution is -2.49. The van der Waals surface area contributed by atoms with E-state index in [0.717, 1.165) is 24.8 Å². The van der Waals surface area contributed by atoms with Crippen LogP contribution >= 0.6 is 0 Å². The van der Waals surface area contributed by atoms with E-state index in [1.54, 1.807) is 0 Å². The molecule has 1 aliphatic heterocycles. The van der Waals surface area contributed by atoms with E-state index in [0.29, 0.717) is 13.0 Å². The van der Waals surface area contributed by atoms with Crippen molar-refractivity contribution in [3.05, 3.63) is 35.9 Å². The molecule has 1 aromatic carbocycles. The Labute approximate surface area is 121 Å². The fraction of sp³-hybridized carbons (Fsp3) is 0.600. The zero-order valence-corrected chi connectivity index (χ0v) is 12.7. The van der Waals surface area contributed by atoms with Crippen LogP contribution in [0.15, 0.2) is 30.3 Å². The first-order valence-electron chi connectivity index (χ1n) is 7.26. The van der Waals surface area contributed by atoms with Crippen molar-refractivity contribution in [3.63, 3.8) is 0 Å². The number of nitrogens with zero attached hydrogens (tertiary/aromatic N) is 1. The highest BCUT2D eigenvalue weighted by Crippen LogP contribution is 2.26. The third-order valence-corrected chi connectivity index (χ3v) is 5.78. The van der Waals surface area contributed by atoms with Gasteiger partial charge >= 0.3 is 0 Å². The van der Waals surface area contributed by atoms with Crippen LogP contribution in [0, 0.1) is 0 Å². The topological polar surface area (TPSA) is 57.6 Å². The number of benzene rings is 1. The van der Waals surface area contributed by atoms with Crippen molar-refractivity contribution in [2.75, 3.05) is 6.54 Å². The van der Waals surface area contributed by atoms with Crippen LogP contribution in [0.4, 0.5) is 0 Å². The highest BCUT2D eigenvalue weighted by Gasteiger charge is 2.35. The van der Waals surface area contributed by atoms with Gasteiger partial charge in [-0.05, 0) is 24.8 Å². The van der Waals surface area contributed by atoms with E-state index in [2.05, 4.69) is 0 Å². The third-order valence-electron chi connectivity index (χ3n) is 3.91. The Morgan fingerprint density at radius 1 is 1.30 bits per heavy atom. The first-order valence-corrected chi connectivity index (χ1v) is 8.87. The number of aliphatic hydroxyl groups is 1. The summed E-state index contributed by atoms with van der Waals surface area (Å²) in [6.07, 6.45) is 2.63. The van der Waals surface area contributed by atoms with E-state index < -0.39 is 16.1 Å². The van der Waals surface area contributed by atoms with Gasteiger partial charge in [0.1, 0.15) is 0 Å². The average Bonchev–Trinajstić information content (AvgIpc) is 2.47. The summed E-state index contributed by atoms with van der Waals surface area (Å²) < 4.78 is 26.7. The fourth-order valence-corrected chi connectivity index (χ4v) is 4.65. The molecule has 2 atom stereocenters. The molecule has 0 spiro atoms. The summed E-state index contributed by atoms with van der Waals surface area (Å²) in [5.41, 5.74) is 0.794. The van der Waals surface area contributed by atoms with E-state index >= 15 is 0 Å². The maximum absolute atomic E-state index is 12.6. The normalized spacial score (nSPS) is 22.6. The quantitative estimate of drug-likeness (QED) is 0.906. The van der Waals surface area contributed by atoms with Gasteiger partial charge in [-0.15, -0.1) is 0 Å². The average molecular weight is 297 g/mol. The minimum atomic E-state index is -3.37. The molecule has 2 rings (SSSR count). The molecule has 0 bridgehead atoms. The van der Waals surface area contributed by atoms with Crippen LogP contribution in [-0.2, 0) is 15.8 Å². The van der Waals surface area contributed by atoms with E-state index in [-0.39, 0.29) is 11.8 Å². The molecule has 1 heterocycles. The van der Waals surface area contributed by atoms with Crippen molar-refractivity contribution >= 4 is 10.0 Å². The van der Waals surface area contributed by atoms with Gasteiger partial charge in [0.05, 0.1) is 17.9 Å². The zero-order valence-electron chi connectivity index (χ0n) is 11.9. The molecule has 1 N–H and O–H groups in total. The fourth-order valence-electron chi connectivity index (χ4n) is 2.80. The lowest BCUT2D eigenvalue weighted by atomic mass is 9.98. The second-order valence-electron chi connectivity index (χ2n) is 5.39. The largest absolute Gasteiger partial charge is 0.391 e. The lowest BCUT2D eigenvalue weighted by molar-refractivity contribution is 0.0666. The Hall–Kier alpha value is -0.910. The van der Waals surface area contributed by atoms with Crippen molar-refractivity contribution in [1.82, 2.24) is 4.31 Å². The molecule has 1 aromatic rings. The summed E-state index contributed by atoms with van der Waals surface area (Å²) in [7, 11) is -3.37. The Kier molecular flexibility index (Phi) is 5.18. The van der Waals surface area contributed by atoms with Crippen molar-refractivity contribution in [3.8, 4) is 0 Å². The van der Waals surface area contributed by atoms with Gasteiger partial charge in [-0.1, -0.05) is 43.7 Å². The van der Waals surface area contributed by atoms with Gasteiger partial charge in [0.15, 0.2) is 0 Å². The Bertz CT molecular complexity index is 515. The summed E-state index contributed by atoms with van der Waals surface area (Å²) in [6, 6.07) is 8.96. The van der Waals surface area contributed by atoms with Crippen LogP contribution in [0.3, 0.4) is 0 Å². The van der Waals surface area contributed by atoms with Crippen molar-refractivity contribution in [2.45, 2.75) is 50.5 Å². The molecular weight excluding hydrogens is 274 g/mol. The molecule has 1 fully saturated rings. The highest BCUT2D eigenvalue weighted by molar-refractivity contribution is 7.88. The standard InChI is InChI=1S/C15H23NO3S/c1-2-15(17)14-10-6-7-11-16(14)20(18,19)12-13-8-4-3-5-9-13/h3-5,8-9,14-15,17H,2,6-7,10-12H2,1H3/t14-,15-/m0/s1. The molecular formula is C15H23NO3S. The molecule has 0 saturated carbocycles. The molecule has 4 nitrogen and oxygen atoms in total. The minimum Gasteiger partial charge on any atom is -0.391 e. The van der Waals surface area contributed by atoms with E-state index in [4.69, 9.17) is 0 Å².